The first-order valence-electron chi connectivity index (χ1n) is 9.46. The molecular formula is C19H30N4O2. The van der Waals surface area contributed by atoms with Gasteiger partial charge in [-0.25, -0.2) is 4.98 Å². The summed E-state index contributed by atoms with van der Waals surface area (Å²) >= 11 is 0. The molecule has 2 N–H and O–H groups in total. The second-order valence-corrected chi connectivity index (χ2v) is 7.60. The van der Waals surface area contributed by atoms with E-state index < -0.39 is 5.60 Å². The minimum atomic E-state index is -0.618. The van der Waals surface area contributed by atoms with Crippen molar-refractivity contribution in [3.05, 3.63) is 18.3 Å². The summed E-state index contributed by atoms with van der Waals surface area (Å²) in [4.78, 5) is 20.9. The zero-order valence-corrected chi connectivity index (χ0v) is 15.2. The van der Waals surface area contributed by atoms with E-state index in [-0.39, 0.29) is 12.5 Å². The van der Waals surface area contributed by atoms with Gasteiger partial charge in [-0.2, -0.15) is 0 Å². The largest absolute Gasteiger partial charge is 0.389 e. The lowest BCUT2D eigenvalue weighted by Gasteiger charge is -2.28. The second-order valence-electron chi connectivity index (χ2n) is 7.60. The van der Waals surface area contributed by atoms with Crippen LogP contribution in [0.25, 0.3) is 0 Å². The Balaban J connectivity index is 1.47. The molecule has 1 aliphatic heterocycles. The van der Waals surface area contributed by atoms with Gasteiger partial charge in [0.25, 0.3) is 0 Å². The Kier molecular flexibility index (Phi) is 5.91. The van der Waals surface area contributed by atoms with Gasteiger partial charge in [-0.3, -0.25) is 9.69 Å². The number of aromatic nitrogens is 1. The average Bonchev–Trinajstić information content (AvgIpc) is 3.02. The van der Waals surface area contributed by atoms with Crippen molar-refractivity contribution in [1.82, 2.24) is 9.88 Å². The quantitative estimate of drug-likeness (QED) is 0.827. The smallest absolute Gasteiger partial charge is 0.238 e. The van der Waals surface area contributed by atoms with Crippen LogP contribution in [-0.4, -0.2) is 59.7 Å². The van der Waals surface area contributed by atoms with Crippen LogP contribution in [0.5, 0.6) is 0 Å². The Morgan fingerprint density at radius 1 is 1.24 bits per heavy atom. The van der Waals surface area contributed by atoms with Crippen molar-refractivity contribution < 1.29 is 9.90 Å². The molecule has 1 aliphatic carbocycles. The molecule has 25 heavy (non-hydrogen) atoms. The number of pyridine rings is 1. The summed E-state index contributed by atoms with van der Waals surface area (Å²) in [5.41, 5.74) is 0.103. The highest BCUT2D eigenvalue weighted by Gasteiger charge is 2.32. The first-order chi connectivity index (χ1) is 12.0. The fourth-order valence-electron chi connectivity index (χ4n) is 3.97. The van der Waals surface area contributed by atoms with Gasteiger partial charge in [0.05, 0.1) is 24.0 Å². The molecule has 6 heteroatoms. The molecule has 3 rings (SSSR count). The fraction of sp³-hybridized carbons (Fsp3) is 0.684. The Labute approximate surface area is 150 Å². The first-order valence-corrected chi connectivity index (χ1v) is 9.46. The highest BCUT2D eigenvalue weighted by Crippen LogP contribution is 2.29. The zero-order valence-electron chi connectivity index (χ0n) is 15.2. The van der Waals surface area contributed by atoms with Gasteiger partial charge in [0.15, 0.2) is 0 Å². The molecule has 2 fully saturated rings. The number of hydrogen-bond acceptors (Lipinski definition) is 5. The maximum Gasteiger partial charge on any atom is 0.238 e. The van der Waals surface area contributed by atoms with Gasteiger partial charge >= 0.3 is 0 Å². The molecule has 1 aromatic heterocycles. The summed E-state index contributed by atoms with van der Waals surface area (Å²) in [5.74, 6) is 0.912. The van der Waals surface area contributed by atoms with Crippen LogP contribution in [0.2, 0.25) is 0 Å². The van der Waals surface area contributed by atoms with Crippen molar-refractivity contribution in [2.24, 2.45) is 0 Å². The van der Waals surface area contributed by atoms with E-state index in [0.717, 1.165) is 50.3 Å². The SMILES string of the molecule is CN(CC(=O)Nc1ccc(N2CCCCC2)nc1)CC1(O)CCCC1. The van der Waals surface area contributed by atoms with Crippen LogP contribution in [-0.2, 0) is 4.79 Å². The molecule has 0 spiro atoms. The molecule has 0 radical (unpaired) electrons. The number of anilines is 2. The topological polar surface area (TPSA) is 68.7 Å². The molecule has 2 aliphatic rings. The molecule has 0 bridgehead atoms. The number of likely N-dealkylation sites (N-methyl/N-ethyl adjacent to an activating group) is 1. The maximum atomic E-state index is 12.2. The lowest BCUT2D eigenvalue weighted by atomic mass is 10.0. The van der Waals surface area contributed by atoms with Crippen molar-refractivity contribution >= 4 is 17.4 Å². The molecule has 0 aromatic carbocycles. The molecule has 0 unspecified atom stereocenters. The Hall–Kier alpha value is -1.66. The van der Waals surface area contributed by atoms with Crippen LogP contribution in [0.3, 0.4) is 0 Å². The molecule has 6 nitrogen and oxygen atoms in total. The van der Waals surface area contributed by atoms with E-state index in [0.29, 0.717) is 6.54 Å². The molecule has 138 valence electrons. The number of hydrogen-bond donors (Lipinski definition) is 2. The zero-order chi connectivity index (χ0) is 17.7. The lowest BCUT2D eigenvalue weighted by molar-refractivity contribution is -0.117. The van der Waals surface area contributed by atoms with E-state index in [1.807, 2.05) is 24.1 Å². The van der Waals surface area contributed by atoms with Gasteiger partial charge in [-0.05, 0) is 51.3 Å². The van der Waals surface area contributed by atoms with E-state index in [2.05, 4.69) is 15.2 Å². The number of nitrogens with one attached hydrogen (secondary N) is 1. The van der Waals surface area contributed by atoms with Crippen molar-refractivity contribution in [1.29, 1.82) is 0 Å². The van der Waals surface area contributed by atoms with Gasteiger partial charge in [0.2, 0.25) is 5.91 Å². The summed E-state index contributed by atoms with van der Waals surface area (Å²) in [6, 6.07) is 3.89. The number of carbonyl (C=O) groups is 1. The average molecular weight is 346 g/mol. The van der Waals surface area contributed by atoms with Crippen LogP contribution in [0.1, 0.15) is 44.9 Å². The highest BCUT2D eigenvalue weighted by molar-refractivity contribution is 5.92. The summed E-state index contributed by atoms with van der Waals surface area (Å²) in [6.45, 7) is 2.95. The molecule has 0 atom stereocenters. The monoisotopic (exact) mass is 346 g/mol. The Morgan fingerprint density at radius 3 is 2.60 bits per heavy atom. The van der Waals surface area contributed by atoms with Crippen LogP contribution >= 0.6 is 0 Å². The van der Waals surface area contributed by atoms with E-state index in [1.165, 1.54) is 19.3 Å². The van der Waals surface area contributed by atoms with Crippen molar-refractivity contribution in [3.8, 4) is 0 Å². The lowest BCUT2D eigenvalue weighted by Crippen LogP contribution is -2.42. The van der Waals surface area contributed by atoms with Crippen LogP contribution in [0, 0.1) is 0 Å². The summed E-state index contributed by atoms with van der Waals surface area (Å²) in [5, 5.41) is 13.3. The third-order valence-electron chi connectivity index (χ3n) is 5.22. The number of nitrogens with zero attached hydrogens (tertiary/aromatic N) is 3. The van der Waals surface area contributed by atoms with E-state index in [4.69, 9.17) is 0 Å². The fourth-order valence-corrected chi connectivity index (χ4v) is 3.97. The van der Waals surface area contributed by atoms with E-state index in [1.54, 1.807) is 6.20 Å². The van der Waals surface area contributed by atoms with Gasteiger partial charge in [0, 0.05) is 19.6 Å². The number of aliphatic hydroxyl groups is 1. The normalized spacial score (nSPS) is 20.0. The number of piperidine rings is 1. The van der Waals surface area contributed by atoms with Crippen LogP contribution in [0.15, 0.2) is 18.3 Å². The minimum Gasteiger partial charge on any atom is -0.389 e. The van der Waals surface area contributed by atoms with Crippen LogP contribution < -0.4 is 10.2 Å². The molecule has 1 amide bonds. The molecule has 1 saturated carbocycles. The predicted octanol–water partition coefficient (Wildman–Crippen LogP) is 2.25. The first kappa shape index (κ1) is 18.1. The Bertz CT molecular complexity index is 563. The molecule has 2 heterocycles. The maximum absolute atomic E-state index is 12.2. The van der Waals surface area contributed by atoms with Crippen LogP contribution in [0.4, 0.5) is 11.5 Å². The number of rotatable bonds is 6. The van der Waals surface area contributed by atoms with E-state index in [9.17, 15) is 9.90 Å². The van der Waals surface area contributed by atoms with Gasteiger partial charge in [0.1, 0.15) is 5.82 Å². The summed E-state index contributed by atoms with van der Waals surface area (Å²) < 4.78 is 0. The molecular weight excluding hydrogens is 316 g/mol. The van der Waals surface area contributed by atoms with Gasteiger partial charge in [-0.1, -0.05) is 12.8 Å². The van der Waals surface area contributed by atoms with Gasteiger partial charge in [-0.15, -0.1) is 0 Å². The predicted molar refractivity (Wildman–Crippen MR) is 99.8 cm³/mol. The van der Waals surface area contributed by atoms with Crippen molar-refractivity contribution in [2.75, 3.05) is 43.4 Å². The van der Waals surface area contributed by atoms with Gasteiger partial charge < -0.3 is 15.3 Å². The highest BCUT2D eigenvalue weighted by atomic mass is 16.3. The molecule has 1 aromatic rings. The standard InChI is InChI=1S/C19H30N4O2/c1-22(15-19(25)9-3-4-10-19)14-18(24)21-16-7-8-17(20-13-16)23-11-5-2-6-12-23/h7-8,13,25H,2-6,9-12,14-15H2,1H3,(H,21,24). The molecule has 1 saturated heterocycles. The van der Waals surface area contributed by atoms with E-state index >= 15 is 0 Å². The Morgan fingerprint density at radius 2 is 1.96 bits per heavy atom. The summed E-state index contributed by atoms with van der Waals surface area (Å²) in [6.07, 6.45) is 9.29. The van der Waals surface area contributed by atoms with Crippen molar-refractivity contribution in [2.45, 2.75) is 50.5 Å². The number of carbonyl (C=O) groups excluding carboxylic acids is 1. The third kappa shape index (κ3) is 5.16. The minimum absolute atomic E-state index is 0.0726. The second kappa shape index (κ2) is 8.15. The van der Waals surface area contributed by atoms with Crippen molar-refractivity contribution in [3.63, 3.8) is 0 Å². The third-order valence-corrected chi connectivity index (χ3v) is 5.22. The number of amides is 1. The summed E-state index contributed by atoms with van der Waals surface area (Å²) in [7, 11) is 1.88.